The van der Waals surface area contributed by atoms with Crippen LogP contribution in [-0.4, -0.2) is 14.8 Å². The van der Waals surface area contributed by atoms with Crippen molar-refractivity contribution in [2.75, 3.05) is 0 Å². The number of nitrogens with zero attached hydrogens (tertiary/aromatic N) is 3. The van der Waals surface area contributed by atoms with E-state index in [0.29, 0.717) is 27.0 Å². The molecule has 0 saturated carbocycles. The molecule has 0 N–H and O–H groups in total. The maximum Gasteiger partial charge on any atom is 0.266 e. The van der Waals surface area contributed by atoms with Crippen LogP contribution in [0.2, 0.25) is 5.02 Å². The summed E-state index contributed by atoms with van der Waals surface area (Å²) in [5, 5.41) is 10.4. The average molecular weight is 398 g/mol. The predicted octanol–water partition coefficient (Wildman–Crippen LogP) is 5.56. The summed E-state index contributed by atoms with van der Waals surface area (Å²) in [7, 11) is 0. The molecule has 0 aliphatic carbocycles. The Bertz CT molecular complexity index is 1070. The summed E-state index contributed by atoms with van der Waals surface area (Å²) < 4.78 is 1.58. The molecule has 3 aromatic rings. The number of benzene rings is 2. The van der Waals surface area contributed by atoms with E-state index in [-0.39, 0.29) is 10.8 Å². The standard InChI is InChI=1S/C21H20ClN3OS/c1-4-13(2)15-5-8-17(9-6-15)25-20(26)18-10-7-16(22)11-19(18)24-21(25)27-14(3)12-23/h5-11,13-14H,4H2,1-3H3/t13-,14+/m1/s1. The minimum Gasteiger partial charge on any atom is -0.268 e. The fourth-order valence-corrected chi connectivity index (χ4v) is 3.80. The summed E-state index contributed by atoms with van der Waals surface area (Å²) in [6.45, 7) is 6.12. The van der Waals surface area contributed by atoms with Gasteiger partial charge in [0.05, 0.1) is 27.9 Å². The first-order valence-electron chi connectivity index (χ1n) is 8.83. The van der Waals surface area contributed by atoms with E-state index in [9.17, 15) is 10.1 Å². The summed E-state index contributed by atoms with van der Waals surface area (Å²) in [5.74, 6) is 0.458. The molecule has 2 atom stereocenters. The van der Waals surface area contributed by atoms with Crippen LogP contribution in [0, 0.1) is 11.3 Å². The van der Waals surface area contributed by atoms with Gasteiger partial charge in [-0.15, -0.1) is 0 Å². The van der Waals surface area contributed by atoms with E-state index in [0.717, 1.165) is 12.1 Å². The Kier molecular flexibility index (Phi) is 5.88. The molecule has 27 heavy (non-hydrogen) atoms. The minimum atomic E-state index is -0.334. The summed E-state index contributed by atoms with van der Waals surface area (Å²) in [6.07, 6.45) is 1.05. The second kappa shape index (κ2) is 8.16. The average Bonchev–Trinajstić information content (AvgIpc) is 2.67. The highest BCUT2D eigenvalue weighted by Gasteiger charge is 2.16. The molecule has 1 heterocycles. The molecule has 2 aromatic carbocycles. The zero-order valence-corrected chi connectivity index (χ0v) is 17.0. The molecule has 0 fully saturated rings. The van der Waals surface area contributed by atoms with Crippen LogP contribution in [-0.2, 0) is 0 Å². The van der Waals surface area contributed by atoms with E-state index < -0.39 is 0 Å². The maximum atomic E-state index is 13.2. The van der Waals surface area contributed by atoms with Gasteiger partial charge in [-0.25, -0.2) is 4.98 Å². The van der Waals surface area contributed by atoms with E-state index in [1.165, 1.54) is 17.3 Å². The summed E-state index contributed by atoms with van der Waals surface area (Å²) in [4.78, 5) is 17.8. The number of rotatable bonds is 5. The molecule has 0 amide bonds. The number of aromatic nitrogens is 2. The molecule has 3 rings (SSSR count). The van der Waals surface area contributed by atoms with Crippen molar-refractivity contribution < 1.29 is 0 Å². The van der Waals surface area contributed by atoms with Gasteiger partial charge in [-0.1, -0.05) is 49.3 Å². The lowest BCUT2D eigenvalue weighted by Gasteiger charge is -2.15. The number of halogens is 1. The number of hydrogen-bond donors (Lipinski definition) is 0. The van der Waals surface area contributed by atoms with Crippen molar-refractivity contribution in [3.05, 3.63) is 63.4 Å². The largest absolute Gasteiger partial charge is 0.268 e. The van der Waals surface area contributed by atoms with Gasteiger partial charge >= 0.3 is 0 Å². The fourth-order valence-electron chi connectivity index (χ4n) is 2.82. The monoisotopic (exact) mass is 397 g/mol. The summed E-state index contributed by atoms with van der Waals surface area (Å²) >= 11 is 7.33. The number of hydrogen-bond acceptors (Lipinski definition) is 4. The first kappa shape index (κ1) is 19.5. The molecule has 0 spiro atoms. The first-order chi connectivity index (χ1) is 12.9. The Morgan fingerprint density at radius 3 is 2.56 bits per heavy atom. The lowest BCUT2D eigenvalue weighted by Crippen LogP contribution is -2.22. The van der Waals surface area contributed by atoms with Gasteiger partial charge < -0.3 is 0 Å². The third-order valence-electron chi connectivity index (χ3n) is 4.60. The minimum absolute atomic E-state index is 0.166. The lowest BCUT2D eigenvalue weighted by atomic mass is 9.98. The van der Waals surface area contributed by atoms with Crippen LogP contribution in [0.15, 0.2) is 52.4 Å². The van der Waals surface area contributed by atoms with Crippen molar-refractivity contribution in [2.24, 2.45) is 0 Å². The lowest BCUT2D eigenvalue weighted by molar-refractivity contribution is 0.732. The van der Waals surface area contributed by atoms with E-state index in [2.05, 4.69) is 24.9 Å². The molecular formula is C21H20ClN3OS. The normalized spacial score (nSPS) is 13.3. The molecule has 4 nitrogen and oxygen atoms in total. The van der Waals surface area contributed by atoms with Gasteiger partial charge in [-0.3, -0.25) is 9.36 Å². The fraction of sp³-hybridized carbons (Fsp3) is 0.286. The zero-order valence-electron chi connectivity index (χ0n) is 15.4. The number of nitriles is 1. The van der Waals surface area contributed by atoms with Crippen molar-refractivity contribution in [3.63, 3.8) is 0 Å². The van der Waals surface area contributed by atoms with Crippen LogP contribution in [0.25, 0.3) is 16.6 Å². The Morgan fingerprint density at radius 2 is 1.93 bits per heavy atom. The second-order valence-corrected chi connectivity index (χ2v) is 8.23. The van der Waals surface area contributed by atoms with E-state index >= 15 is 0 Å². The SMILES string of the molecule is CC[C@@H](C)c1ccc(-n2c(S[C@@H](C)C#N)nc3cc(Cl)ccc3c2=O)cc1. The van der Waals surface area contributed by atoms with Crippen molar-refractivity contribution in [1.29, 1.82) is 5.26 Å². The van der Waals surface area contributed by atoms with Crippen LogP contribution in [0.5, 0.6) is 0 Å². The van der Waals surface area contributed by atoms with Crippen LogP contribution in [0.4, 0.5) is 0 Å². The first-order valence-corrected chi connectivity index (χ1v) is 10.1. The van der Waals surface area contributed by atoms with Crippen molar-refractivity contribution in [1.82, 2.24) is 9.55 Å². The number of thioether (sulfide) groups is 1. The van der Waals surface area contributed by atoms with E-state index in [4.69, 9.17) is 11.6 Å². The molecule has 0 unspecified atom stereocenters. The van der Waals surface area contributed by atoms with Crippen LogP contribution in [0.1, 0.15) is 38.7 Å². The second-order valence-electron chi connectivity index (χ2n) is 6.49. The third-order valence-corrected chi connectivity index (χ3v) is 5.78. The van der Waals surface area contributed by atoms with E-state index in [1.807, 2.05) is 24.3 Å². The predicted molar refractivity (Wildman–Crippen MR) is 112 cm³/mol. The molecule has 0 saturated heterocycles. The Morgan fingerprint density at radius 1 is 1.22 bits per heavy atom. The Labute approximate surface area is 167 Å². The number of fused-ring (bicyclic) bond motifs is 1. The van der Waals surface area contributed by atoms with Gasteiger partial charge in [-0.2, -0.15) is 5.26 Å². The van der Waals surface area contributed by atoms with Gasteiger partial charge in [0.25, 0.3) is 5.56 Å². The molecule has 6 heteroatoms. The van der Waals surface area contributed by atoms with Gasteiger partial charge in [-0.05, 0) is 55.2 Å². The van der Waals surface area contributed by atoms with Crippen molar-refractivity contribution in [2.45, 2.75) is 43.5 Å². The topological polar surface area (TPSA) is 58.7 Å². The molecule has 0 bridgehead atoms. The highest BCUT2D eigenvalue weighted by molar-refractivity contribution is 8.00. The van der Waals surface area contributed by atoms with Gasteiger partial charge in [0, 0.05) is 5.02 Å². The smallest absolute Gasteiger partial charge is 0.266 e. The van der Waals surface area contributed by atoms with Crippen LogP contribution in [0.3, 0.4) is 0 Å². The quantitative estimate of drug-likeness (QED) is 0.418. The van der Waals surface area contributed by atoms with Crippen LogP contribution < -0.4 is 5.56 Å². The maximum absolute atomic E-state index is 13.2. The summed E-state index contributed by atoms with van der Waals surface area (Å²) in [6, 6.07) is 15.2. The third kappa shape index (κ3) is 4.02. The van der Waals surface area contributed by atoms with Gasteiger partial charge in [0.1, 0.15) is 0 Å². The van der Waals surface area contributed by atoms with Crippen molar-refractivity contribution >= 4 is 34.3 Å². The van der Waals surface area contributed by atoms with Crippen LogP contribution >= 0.6 is 23.4 Å². The summed E-state index contributed by atoms with van der Waals surface area (Å²) in [5.41, 5.74) is 2.34. The van der Waals surface area contributed by atoms with Crippen molar-refractivity contribution in [3.8, 4) is 11.8 Å². The molecule has 1 aromatic heterocycles. The molecule has 0 radical (unpaired) electrons. The Balaban J connectivity index is 2.21. The molecule has 0 aliphatic rings. The highest BCUT2D eigenvalue weighted by Crippen LogP contribution is 2.27. The van der Waals surface area contributed by atoms with Gasteiger partial charge in [0.2, 0.25) is 0 Å². The van der Waals surface area contributed by atoms with Gasteiger partial charge in [0.15, 0.2) is 5.16 Å². The molecule has 0 aliphatic heterocycles. The molecule has 138 valence electrons. The zero-order chi connectivity index (χ0) is 19.6. The molecular weight excluding hydrogens is 378 g/mol. The highest BCUT2D eigenvalue weighted by atomic mass is 35.5. The van der Waals surface area contributed by atoms with E-state index in [1.54, 1.807) is 29.7 Å². The Hall–Kier alpha value is -2.29.